The highest BCUT2D eigenvalue weighted by Crippen LogP contribution is 2.25. The van der Waals surface area contributed by atoms with Gasteiger partial charge < -0.3 is 4.90 Å². The van der Waals surface area contributed by atoms with Gasteiger partial charge in [-0.05, 0) is 53.9 Å². The van der Waals surface area contributed by atoms with Crippen molar-refractivity contribution in [3.8, 4) is 0 Å². The molecule has 0 saturated carbocycles. The average molecular weight is 498 g/mol. The van der Waals surface area contributed by atoms with Crippen LogP contribution in [0.2, 0.25) is 0 Å². The Balaban J connectivity index is 1.23. The van der Waals surface area contributed by atoms with Crippen molar-refractivity contribution >= 4 is 15.9 Å². The monoisotopic (exact) mass is 497 g/mol. The number of amides is 1. The normalized spacial score (nSPS) is 19.1. The number of hydrogen-bond donors (Lipinski definition) is 0. The van der Waals surface area contributed by atoms with E-state index in [9.17, 15) is 13.2 Å². The molecule has 2 aliphatic heterocycles. The van der Waals surface area contributed by atoms with E-state index in [0.717, 1.165) is 37.9 Å². The van der Waals surface area contributed by atoms with Crippen LogP contribution in [-0.4, -0.2) is 74.2 Å². The average Bonchev–Trinajstić information content (AvgIpc) is 2.85. The Hall–Kier alpha value is -2.22. The third-order valence-corrected chi connectivity index (χ3v) is 9.30. The van der Waals surface area contributed by atoms with Gasteiger partial charge in [0.1, 0.15) is 0 Å². The third-order valence-electron chi connectivity index (χ3n) is 7.38. The van der Waals surface area contributed by atoms with Crippen LogP contribution >= 0.6 is 0 Å². The topological polar surface area (TPSA) is 60.9 Å². The number of carbonyl (C=O) groups excluding carboxylic acids is 1. The molecule has 0 aromatic heterocycles. The highest BCUT2D eigenvalue weighted by Gasteiger charge is 2.31. The molecule has 2 aromatic carbocycles. The van der Waals surface area contributed by atoms with Crippen LogP contribution in [0.5, 0.6) is 0 Å². The number of hydrogen-bond acceptors (Lipinski definition) is 4. The first-order valence-corrected chi connectivity index (χ1v) is 14.2. The molecule has 6 nitrogen and oxygen atoms in total. The number of carbonyl (C=O) groups is 1. The van der Waals surface area contributed by atoms with Gasteiger partial charge >= 0.3 is 0 Å². The van der Waals surface area contributed by atoms with Crippen LogP contribution in [0.4, 0.5) is 0 Å². The minimum atomic E-state index is -3.52. The van der Waals surface area contributed by atoms with Gasteiger partial charge in [0.15, 0.2) is 0 Å². The van der Waals surface area contributed by atoms with Gasteiger partial charge in [-0.25, -0.2) is 8.42 Å². The lowest BCUT2D eigenvalue weighted by molar-refractivity contribution is -0.134. The molecule has 4 rings (SSSR count). The zero-order chi connectivity index (χ0) is 25.1. The molecule has 0 aliphatic carbocycles. The van der Waals surface area contributed by atoms with Gasteiger partial charge in [-0.15, -0.1) is 0 Å². The Bertz CT molecular complexity index is 1080. The van der Waals surface area contributed by atoms with Gasteiger partial charge in [-0.3, -0.25) is 9.69 Å². The summed E-state index contributed by atoms with van der Waals surface area (Å²) in [6, 6.07) is 17.8. The summed E-state index contributed by atoms with van der Waals surface area (Å²) in [7, 11) is -3.52. The maximum Gasteiger partial charge on any atom is 0.243 e. The predicted octanol–water partition coefficient (Wildman–Crippen LogP) is 3.77. The standard InChI is InChI=1S/C28H39N3O3S/c1-28(2,3)25-9-11-26(12-10-25)35(33,34)31-19-17-29(18-20-31)22-27(32)30-15-13-24(14-16-30)21-23-7-5-4-6-8-23/h4-12,24H,13-22H2,1-3H3. The fourth-order valence-electron chi connectivity index (χ4n) is 5.03. The van der Waals surface area contributed by atoms with E-state index in [1.165, 1.54) is 5.56 Å². The molecule has 2 saturated heterocycles. The molecule has 0 unspecified atom stereocenters. The van der Waals surface area contributed by atoms with Gasteiger partial charge in [-0.1, -0.05) is 63.2 Å². The smallest absolute Gasteiger partial charge is 0.243 e. The van der Waals surface area contributed by atoms with E-state index in [-0.39, 0.29) is 11.3 Å². The molecule has 0 atom stereocenters. The minimum Gasteiger partial charge on any atom is -0.342 e. The molecule has 2 fully saturated rings. The number of benzene rings is 2. The van der Waals surface area contributed by atoms with Crippen LogP contribution < -0.4 is 0 Å². The highest BCUT2D eigenvalue weighted by atomic mass is 32.2. The van der Waals surface area contributed by atoms with Crippen molar-refractivity contribution in [2.45, 2.75) is 50.3 Å². The summed E-state index contributed by atoms with van der Waals surface area (Å²) in [4.78, 5) is 17.3. The maximum absolute atomic E-state index is 13.1. The van der Waals surface area contributed by atoms with E-state index in [0.29, 0.717) is 43.5 Å². The minimum absolute atomic E-state index is 0.0163. The van der Waals surface area contributed by atoms with Crippen molar-refractivity contribution in [3.63, 3.8) is 0 Å². The number of rotatable bonds is 6. The second-order valence-corrected chi connectivity index (χ2v) is 12.9. The molecule has 2 aromatic rings. The predicted molar refractivity (Wildman–Crippen MR) is 140 cm³/mol. The fourth-order valence-corrected chi connectivity index (χ4v) is 6.45. The molecule has 0 N–H and O–H groups in total. The van der Waals surface area contributed by atoms with Crippen molar-refractivity contribution in [2.75, 3.05) is 45.8 Å². The van der Waals surface area contributed by atoms with E-state index < -0.39 is 10.0 Å². The summed E-state index contributed by atoms with van der Waals surface area (Å²) < 4.78 is 27.8. The summed E-state index contributed by atoms with van der Waals surface area (Å²) in [6.45, 7) is 10.3. The second-order valence-electron chi connectivity index (χ2n) is 11.0. The van der Waals surface area contributed by atoms with Crippen LogP contribution in [0, 0.1) is 5.92 Å². The molecule has 35 heavy (non-hydrogen) atoms. The Morgan fingerprint density at radius 3 is 2.03 bits per heavy atom. The lowest BCUT2D eigenvalue weighted by Gasteiger charge is -2.36. The third kappa shape index (κ3) is 6.51. The van der Waals surface area contributed by atoms with Crippen molar-refractivity contribution < 1.29 is 13.2 Å². The Morgan fingerprint density at radius 1 is 0.857 bits per heavy atom. The molecule has 190 valence electrons. The molecular formula is C28H39N3O3S. The van der Waals surface area contributed by atoms with Gasteiger partial charge in [0.25, 0.3) is 0 Å². The van der Waals surface area contributed by atoms with E-state index in [4.69, 9.17) is 0 Å². The van der Waals surface area contributed by atoms with Crippen LogP contribution in [-0.2, 0) is 26.7 Å². The van der Waals surface area contributed by atoms with Crippen LogP contribution in [0.25, 0.3) is 0 Å². The van der Waals surface area contributed by atoms with E-state index >= 15 is 0 Å². The van der Waals surface area contributed by atoms with Crippen LogP contribution in [0.3, 0.4) is 0 Å². The van der Waals surface area contributed by atoms with Gasteiger partial charge in [0.05, 0.1) is 11.4 Å². The number of piperazine rings is 1. The molecule has 0 spiro atoms. The van der Waals surface area contributed by atoms with Gasteiger partial charge in [0, 0.05) is 39.3 Å². The SMILES string of the molecule is CC(C)(C)c1ccc(S(=O)(=O)N2CCN(CC(=O)N3CCC(Cc4ccccc4)CC3)CC2)cc1. The molecular weight excluding hydrogens is 458 g/mol. The molecule has 7 heteroatoms. The first kappa shape index (κ1) is 25.9. The first-order valence-electron chi connectivity index (χ1n) is 12.8. The summed E-state index contributed by atoms with van der Waals surface area (Å²) in [5.74, 6) is 0.796. The van der Waals surface area contributed by atoms with Crippen molar-refractivity contribution in [1.29, 1.82) is 0 Å². The quantitative estimate of drug-likeness (QED) is 0.610. The first-order chi connectivity index (χ1) is 16.6. The molecule has 0 bridgehead atoms. The highest BCUT2D eigenvalue weighted by molar-refractivity contribution is 7.89. The lowest BCUT2D eigenvalue weighted by Crippen LogP contribution is -2.52. The van der Waals surface area contributed by atoms with Crippen molar-refractivity contribution in [2.24, 2.45) is 5.92 Å². The summed E-state index contributed by atoms with van der Waals surface area (Å²) in [6.07, 6.45) is 3.17. The number of likely N-dealkylation sites (tertiary alicyclic amines) is 1. The maximum atomic E-state index is 13.1. The van der Waals surface area contributed by atoms with Crippen LogP contribution in [0.15, 0.2) is 59.5 Å². The van der Waals surface area contributed by atoms with Crippen molar-refractivity contribution in [1.82, 2.24) is 14.1 Å². The number of sulfonamides is 1. The largest absolute Gasteiger partial charge is 0.342 e. The summed E-state index contributed by atoms with van der Waals surface area (Å²) in [5, 5.41) is 0. The zero-order valence-corrected chi connectivity index (χ0v) is 22.1. The van der Waals surface area contributed by atoms with E-state index in [2.05, 4.69) is 49.9 Å². The second kappa shape index (κ2) is 10.8. The Morgan fingerprint density at radius 2 is 1.46 bits per heavy atom. The van der Waals surface area contributed by atoms with E-state index in [1.54, 1.807) is 16.4 Å². The fraction of sp³-hybridized carbons (Fsp3) is 0.536. The number of piperidine rings is 1. The molecule has 2 heterocycles. The summed E-state index contributed by atoms with van der Waals surface area (Å²) >= 11 is 0. The van der Waals surface area contributed by atoms with Gasteiger partial charge in [-0.2, -0.15) is 4.31 Å². The van der Waals surface area contributed by atoms with Crippen LogP contribution in [0.1, 0.15) is 44.7 Å². The summed E-state index contributed by atoms with van der Waals surface area (Å²) in [5.41, 5.74) is 2.47. The van der Waals surface area contributed by atoms with Gasteiger partial charge in [0.2, 0.25) is 15.9 Å². The number of nitrogens with zero attached hydrogens (tertiary/aromatic N) is 3. The van der Waals surface area contributed by atoms with E-state index in [1.807, 2.05) is 23.1 Å². The Labute approximate surface area is 211 Å². The molecule has 2 aliphatic rings. The Kier molecular flexibility index (Phi) is 7.99. The lowest BCUT2D eigenvalue weighted by atomic mass is 9.87. The van der Waals surface area contributed by atoms with Crippen molar-refractivity contribution in [3.05, 3.63) is 65.7 Å². The molecule has 1 amide bonds. The zero-order valence-electron chi connectivity index (χ0n) is 21.3. The molecule has 0 radical (unpaired) electrons.